The van der Waals surface area contributed by atoms with Crippen molar-refractivity contribution in [2.75, 3.05) is 0 Å². The van der Waals surface area contributed by atoms with Crippen molar-refractivity contribution >= 4 is 17.8 Å². The Labute approximate surface area is 179 Å². The van der Waals surface area contributed by atoms with Gasteiger partial charge in [0.05, 0.1) is 0 Å². The number of hydrogen-bond donors (Lipinski definition) is 4. The third-order valence-corrected chi connectivity index (χ3v) is 3.70. The molecule has 1 atom stereocenters. The SMILES string of the molecule is CC(C)(C)OC(=O)N[C@@H](Cc1ccccc1)C(=O)O.O=C(c1ncc[nH]1)c1ncc[nH]1. The lowest BCUT2D eigenvalue weighted by atomic mass is 10.1. The number of amides is 1. The number of H-pyrrole nitrogens is 2. The predicted octanol–water partition coefficient (Wildman–Crippen LogP) is 2.57. The van der Waals surface area contributed by atoms with Crippen LogP contribution in [-0.2, 0) is 16.0 Å². The van der Waals surface area contributed by atoms with E-state index in [1.807, 2.05) is 30.3 Å². The monoisotopic (exact) mass is 427 g/mol. The van der Waals surface area contributed by atoms with Gasteiger partial charge in [-0.05, 0) is 26.3 Å². The van der Waals surface area contributed by atoms with Crippen molar-refractivity contribution in [1.82, 2.24) is 25.3 Å². The van der Waals surface area contributed by atoms with Crippen LogP contribution in [0, 0.1) is 0 Å². The van der Waals surface area contributed by atoms with Crippen LogP contribution in [0.2, 0.25) is 0 Å². The first-order valence-electron chi connectivity index (χ1n) is 9.45. The van der Waals surface area contributed by atoms with Gasteiger partial charge >= 0.3 is 12.1 Å². The third-order valence-electron chi connectivity index (χ3n) is 3.70. The zero-order valence-corrected chi connectivity index (χ0v) is 17.5. The summed E-state index contributed by atoms with van der Waals surface area (Å²) in [6, 6.07) is 8.11. The van der Waals surface area contributed by atoms with Gasteiger partial charge in [-0.25, -0.2) is 19.6 Å². The summed E-state index contributed by atoms with van der Waals surface area (Å²) in [6.45, 7) is 5.17. The van der Waals surface area contributed by atoms with Crippen molar-refractivity contribution in [1.29, 1.82) is 0 Å². The van der Waals surface area contributed by atoms with Gasteiger partial charge in [-0.2, -0.15) is 0 Å². The molecule has 0 fully saturated rings. The van der Waals surface area contributed by atoms with Crippen LogP contribution in [0.5, 0.6) is 0 Å². The lowest BCUT2D eigenvalue weighted by Crippen LogP contribution is -2.44. The number of hydrogen-bond acceptors (Lipinski definition) is 6. The minimum Gasteiger partial charge on any atom is -0.480 e. The number of nitrogens with zero attached hydrogens (tertiary/aromatic N) is 2. The zero-order chi connectivity index (χ0) is 22.9. The van der Waals surface area contributed by atoms with Crippen molar-refractivity contribution in [2.24, 2.45) is 0 Å². The molecular formula is C21H25N5O5. The van der Waals surface area contributed by atoms with E-state index in [0.717, 1.165) is 5.56 Å². The second-order valence-corrected chi connectivity index (χ2v) is 7.43. The second-order valence-electron chi connectivity index (χ2n) is 7.43. The summed E-state index contributed by atoms with van der Waals surface area (Å²) in [6.07, 6.45) is 5.73. The van der Waals surface area contributed by atoms with Crippen molar-refractivity contribution in [3.05, 3.63) is 72.3 Å². The van der Waals surface area contributed by atoms with Gasteiger partial charge in [0, 0.05) is 31.2 Å². The smallest absolute Gasteiger partial charge is 0.408 e. The zero-order valence-electron chi connectivity index (χ0n) is 17.5. The maximum absolute atomic E-state index is 11.6. The first-order chi connectivity index (χ1) is 14.7. The van der Waals surface area contributed by atoms with E-state index in [0.29, 0.717) is 11.6 Å². The Bertz CT molecular complexity index is 927. The summed E-state index contributed by atoms with van der Waals surface area (Å²) < 4.78 is 5.04. The molecule has 0 bridgehead atoms. The molecule has 0 aliphatic rings. The lowest BCUT2D eigenvalue weighted by molar-refractivity contribution is -0.139. The summed E-state index contributed by atoms with van der Waals surface area (Å²) in [5.41, 5.74) is 0.186. The number of rotatable bonds is 6. The number of aliphatic carboxylic acids is 1. The van der Waals surface area contributed by atoms with Crippen LogP contribution in [0.15, 0.2) is 55.1 Å². The van der Waals surface area contributed by atoms with Gasteiger partial charge in [0.2, 0.25) is 0 Å². The van der Waals surface area contributed by atoms with Gasteiger partial charge in [0.25, 0.3) is 5.78 Å². The van der Waals surface area contributed by atoms with Crippen molar-refractivity contribution in [3.8, 4) is 0 Å². The number of ether oxygens (including phenoxy) is 1. The number of aromatic amines is 2. The molecule has 0 unspecified atom stereocenters. The number of carboxylic acid groups (broad SMARTS) is 1. The minimum atomic E-state index is -1.09. The first kappa shape index (κ1) is 23.3. The molecule has 2 aromatic heterocycles. The normalized spacial score (nSPS) is 11.6. The molecule has 0 saturated carbocycles. The number of nitrogens with one attached hydrogen (secondary N) is 3. The number of carboxylic acids is 1. The Morgan fingerprint density at radius 3 is 2.00 bits per heavy atom. The number of alkyl carbamates (subject to hydrolysis) is 1. The van der Waals surface area contributed by atoms with Crippen molar-refractivity contribution < 1.29 is 24.2 Å². The topological polar surface area (TPSA) is 150 Å². The lowest BCUT2D eigenvalue weighted by Gasteiger charge is -2.22. The average molecular weight is 427 g/mol. The maximum Gasteiger partial charge on any atom is 0.408 e. The summed E-state index contributed by atoms with van der Waals surface area (Å²) in [4.78, 5) is 47.1. The highest BCUT2D eigenvalue weighted by atomic mass is 16.6. The Morgan fingerprint density at radius 1 is 1.03 bits per heavy atom. The number of carbonyl (C=O) groups is 3. The highest BCUT2D eigenvalue weighted by molar-refractivity contribution is 6.03. The molecule has 10 nitrogen and oxygen atoms in total. The van der Waals surface area contributed by atoms with Crippen LogP contribution in [0.1, 0.15) is 42.8 Å². The van der Waals surface area contributed by atoms with E-state index in [2.05, 4.69) is 25.3 Å². The Balaban J connectivity index is 0.000000242. The van der Waals surface area contributed by atoms with Gasteiger partial charge in [-0.1, -0.05) is 30.3 Å². The average Bonchev–Trinajstić information content (AvgIpc) is 3.41. The molecule has 0 aliphatic heterocycles. The summed E-state index contributed by atoms with van der Waals surface area (Å²) in [5, 5.41) is 11.5. The molecule has 3 rings (SSSR count). The predicted molar refractivity (Wildman–Crippen MR) is 112 cm³/mol. The largest absolute Gasteiger partial charge is 0.480 e. The molecule has 3 aromatic rings. The van der Waals surface area contributed by atoms with Gasteiger partial charge in [0.15, 0.2) is 11.6 Å². The first-order valence-corrected chi connectivity index (χ1v) is 9.45. The van der Waals surface area contributed by atoms with Gasteiger partial charge in [-0.3, -0.25) is 4.79 Å². The molecule has 0 spiro atoms. The van der Waals surface area contributed by atoms with Crippen LogP contribution >= 0.6 is 0 Å². The molecule has 0 radical (unpaired) electrons. The van der Waals surface area contributed by atoms with Crippen LogP contribution in [0.4, 0.5) is 4.79 Å². The van der Waals surface area contributed by atoms with E-state index in [-0.39, 0.29) is 12.2 Å². The van der Waals surface area contributed by atoms with Crippen LogP contribution in [0.25, 0.3) is 0 Å². The van der Waals surface area contributed by atoms with E-state index in [1.165, 1.54) is 12.4 Å². The number of benzene rings is 1. The molecule has 0 aliphatic carbocycles. The number of ketones is 1. The van der Waals surface area contributed by atoms with Gasteiger partial charge < -0.3 is 25.1 Å². The Hall–Kier alpha value is -3.95. The highest BCUT2D eigenvalue weighted by Gasteiger charge is 2.24. The van der Waals surface area contributed by atoms with Crippen molar-refractivity contribution in [3.63, 3.8) is 0 Å². The fourth-order valence-corrected chi connectivity index (χ4v) is 2.39. The van der Waals surface area contributed by atoms with Gasteiger partial charge in [0.1, 0.15) is 11.6 Å². The third kappa shape index (κ3) is 8.13. The fraction of sp³-hybridized carbons (Fsp3) is 0.286. The number of imidazole rings is 2. The Kier molecular flexibility index (Phi) is 8.07. The molecule has 10 heteroatoms. The van der Waals surface area contributed by atoms with Crippen molar-refractivity contribution in [2.45, 2.75) is 38.8 Å². The molecule has 2 heterocycles. The quantitative estimate of drug-likeness (QED) is 0.442. The molecule has 4 N–H and O–H groups in total. The number of aromatic nitrogens is 4. The molecule has 1 amide bonds. The Morgan fingerprint density at radius 2 is 1.58 bits per heavy atom. The van der Waals surface area contributed by atoms with Crippen LogP contribution in [0.3, 0.4) is 0 Å². The van der Waals surface area contributed by atoms with Crippen LogP contribution < -0.4 is 5.32 Å². The standard InChI is InChI=1S/C14H19NO4.C7H6N4O/c1-14(2,3)19-13(18)15-11(12(16)17)9-10-7-5-4-6-8-10;12-5(6-8-1-2-9-6)7-10-3-4-11-7/h4-8,11H,9H2,1-3H3,(H,15,18)(H,16,17);1-4H,(H,8,9)(H,10,11)/t11-;/m0./s1. The fourth-order valence-electron chi connectivity index (χ4n) is 2.39. The van der Waals surface area contributed by atoms with E-state index in [9.17, 15) is 14.4 Å². The molecule has 1 aromatic carbocycles. The van der Waals surface area contributed by atoms with E-state index < -0.39 is 23.7 Å². The van der Waals surface area contributed by atoms with Gasteiger partial charge in [-0.15, -0.1) is 0 Å². The number of carbonyl (C=O) groups excluding carboxylic acids is 2. The summed E-state index contributed by atoms with van der Waals surface area (Å²) in [5.74, 6) is -0.727. The molecule has 164 valence electrons. The molecular weight excluding hydrogens is 402 g/mol. The highest BCUT2D eigenvalue weighted by Crippen LogP contribution is 2.08. The molecule has 31 heavy (non-hydrogen) atoms. The minimum absolute atomic E-state index is 0.218. The van der Waals surface area contributed by atoms with Crippen LogP contribution in [-0.4, -0.2) is 54.5 Å². The second kappa shape index (κ2) is 10.7. The molecule has 0 saturated heterocycles. The van der Waals surface area contributed by atoms with E-state index in [4.69, 9.17) is 9.84 Å². The summed E-state index contributed by atoms with van der Waals surface area (Å²) in [7, 11) is 0. The summed E-state index contributed by atoms with van der Waals surface area (Å²) >= 11 is 0. The van der Waals surface area contributed by atoms with E-state index in [1.54, 1.807) is 33.2 Å². The van der Waals surface area contributed by atoms with E-state index >= 15 is 0 Å². The maximum atomic E-state index is 11.6.